The Labute approximate surface area is 172 Å². The summed E-state index contributed by atoms with van der Waals surface area (Å²) in [5, 5.41) is 5.24. The zero-order valence-electron chi connectivity index (χ0n) is 16.8. The summed E-state index contributed by atoms with van der Waals surface area (Å²) in [5.74, 6) is -0.308. The van der Waals surface area contributed by atoms with E-state index in [4.69, 9.17) is 9.47 Å². The first kappa shape index (κ1) is 23.1. The van der Waals surface area contributed by atoms with Crippen molar-refractivity contribution in [2.45, 2.75) is 39.1 Å². The molecule has 0 saturated heterocycles. The molecule has 6 nitrogen and oxygen atoms in total. The molecule has 0 fully saturated rings. The van der Waals surface area contributed by atoms with E-state index in [9.17, 15) is 22.8 Å². The minimum absolute atomic E-state index is 0.0663. The zero-order valence-corrected chi connectivity index (χ0v) is 16.8. The van der Waals surface area contributed by atoms with Crippen molar-refractivity contribution in [3.8, 4) is 5.75 Å². The smallest absolute Gasteiger partial charge is 0.422 e. The Bertz CT molecular complexity index is 875. The van der Waals surface area contributed by atoms with Crippen LogP contribution in [0.3, 0.4) is 0 Å². The third-order valence-corrected chi connectivity index (χ3v) is 3.55. The van der Waals surface area contributed by atoms with Crippen molar-refractivity contribution in [1.29, 1.82) is 0 Å². The highest BCUT2D eigenvalue weighted by molar-refractivity contribution is 5.95. The van der Waals surface area contributed by atoms with Crippen LogP contribution < -0.4 is 15.4 Å². The number of carbonyl (C=O) groups is 2. The van der Waals surface area contributed by atoms with Crippen molar-refractivity contribution in [3.05, 3.63) is 59.7 Å². The fraction of sp³-hybridized carbons (Fsp3) is 0.333. The number of hydrogen-bond donors (Lipinski definition) is 2. The van der Waals surface area contributed by atoms with Gasteiger partial charge in [-0.05, 0) is 62.7 Å². The van der Waals surface area contributed by atoms with E-state index in [2.05, 4.69) is 10.6 Å². The summed E-state index contributed by atoms with van der Waals surface area (Å²) in [4.78, 5) is 24.0. The van der Waals surface area contributed by atoms with Gasteiger partial charge in [-0.3, -0.25) is 10.1 Å². The molecule has 0 atom stereocenters. The van der Waals surface area contributed by atoms with Gasteiger partial charge < -0.3 is 14.8 Å². The Hall–Kier alpha value is -3.23. The van der Waals surface area contributed by atoms with Gasteiger partial charge in [-0.2, -0.15) is 13.2 Å². The molecule has 0 aliphatic heterocycles. The molecule has 0 aliphatic rings. The number of carbonyl (C=O) groups excluding carboxylic acids is 2. The van der Waals surface area contributed by atoms with Crippen LogP contribution >= 0.6 is 0 Å². The van der Waals surface area contributed by atoms with Gasteiger partial charge >= 0.3 is 12.3 Å². The number of rotatable bonds is 6. The minimum Gasteiger partial charge on any atom is -0.484 e. The van der Waals surface area contributed by atoms with Gasteiger partial charge in [-0.1, -0.05) is 12.1 Å². The van der Waals surface area contributed by atoms with E-state index >= 15 is 0 Å². The molecule has 0 radical (unpaired) electrons. The third kappa shape index (κ3) is 8.42. The van der Waals surface area contributed by atoms with E-state index in [1.807, 2.05) is 0 Å². The number of amides is 2. The average Bonchev–Trinajstić information content (AvgIpc) is 2.63. The van der Waals surface area contributed by atoms with E-state index in [0.29, 0.717) is 16.8 Å². The molecule has 2 N–H and O–H groups in total. The normalized spacial score (nSPS) is 11.5. The topological polar surface area (TPSA) is 76.7 Å². The number of benzene rings is 2. The quantitative estimate of drug-likeness (QED) is 0.691. The molecule has 30 heavy (non-hydrogen) atoms. The van der Waals surface area contributed by atoms with E-state index in [0.717, 1.165) is 0 Å². The summed E-state index contributed by atoms with van der Waals surface area (Å²) in [7, 11) is 0. The number of alkyl halides is 3. The van der Waals surface area contributed by atoms with Gasteiger partial charge in [-0.15, -0.1) is 0 Å². The molecule has 0 bridgehead atoms. The predicted molar refractivity (Wildman–Crippen MR) is 105 cm³/mol. The van der Waals surface area contributed by atoms with Gasteiger partial charge in [0.2, 0.25) is 0 Å². The maximum Gasteiger partial charge on any atom is 0.422 e. The predicted octanol–water partition coefficient (Wildman–Crippen LogP) is 4.90. The molecule has 0 aliphatic carbocycles. The highest BCUT2D eigenvalue weighted by Gasteiger charge is 2.28. The van der Waals surface area contributed by atoms with E-state index in [1.165, 1.54) is 24.3 Å². The fourth-order valence-electron chi connectivity index (χ4n) is 2.32. The number of ether oxygens (including phenoxy) is 2. The van der Waals surface area contributed by atoms with Gasteiger partial charge in [0.1, 0.15) is 11.4 Å². The molecule has 0 saturated carbocycles. The van der Waals surface area contributed by atoms with Gasteiger partial charge in [0.05, 0.1) is 0 Å². The monoisotopic (exact) mass is 424 g/mol. The lowest BCUT2D eigenvalue weighted by atomic mass is 10.1. The number of anilines is 1. The Morgan fingerprint density at radius 1 is 1.00 bits per heavy atom. The maximum atomic E-state index is 12.3. The molecule has 2 rings (SSSR count). The molecular formula is C21H23F3N2O4. The summed E-state index contributed by atoms with van der Waals surface area (Å²) in [6.45, 7) is 3.97. The first-order valence-corrected chi connectivity index (χ1v) is 9.08. The second-order valence-electron chi connectivity index (χ2n) is 7.44. The van der Waals surface area contributed by atoms with Crippen molar-refractivity contribution < 1.29 is 32.2 Å². The Kier molecular flexibility index (Phi) is 7.31. The van der Waals surface area contributed by atoms with Crippen molar-refractivity contribution >= 4 is 17.7 Å². The van der Waals surface area contributed by atoms with E-state index < -0.39 is 24.5 Å². The van der Waals surface area contributed by atoms with Crippen LogP contribution in [0, 0.1) is 0 Å². The zero-order chi connectivity index (χ0) is 22.4. The summed E-state index contributed by atoms with van der Waals surface area (Å²) in [6.07, 6.45) is -5.03. The van der Waals surface area contributed by atoms with Crippen LogP contribution in [0.2, 0.25) is 0 Å². The highest BCUT2D eigenvalue weighted by atomic mass is 19.4. The first-order chi connectivity index (χ1) is 13.9. The Morgan fingerprint density at radius 2 is 1.67 bits per heavy atom. The summed E-state index contributed by atoms with van der Waals surface area (Å²) in [5.41, 5.74) is 0.787. The van der Waals surface area contributed by atoms with E-state index in [-0.39, 0.29) is 18.2 Å². The lowest BCUT2D eigenvalue weighted by Gasteiger charge is -2.19. The molecule has 0 spiro atoms. The largest absolute Gasteiger partial charge is 0.484 e. The summed E-state index contributed by atoms with van der Waals surface area (Å²) >= 11 is 0. The van der Waals surface area contributed by atoms with Crippen molar-refractivity contribution in [2.24, 2.45) is 0 Å². The van der Waals surface area contributed by atoms with Crippen LogP contribution in [0.5, 0.6) is 5.75 Å². The van der Waals surface area contributed by atoms with Gasteiger partial charge in [-0.25, -0.2) is 4.79 Å². The molecule has 0 aromatic heterocycles. The number of nitrogens with one attached hydrogen (secondary N) is 2. The van der Waals surface area contributed by atoms with Crippen LogP contribution in [0.4, 0.5) is 23.7 Å². The van der Waals surface area contributed by atoms with E-state index in [1.54, 1.807) is 45.0 Å². The average molecular weight is 424 g/mol. The van der Waals surface area contributed by atoms with Crippen LogP contribution in [-0.4, -0.2) is 30.4 Å². The minimum atomic E-state index is -4.42. The standard InChI is InChI=1S/C21H23F3N2O4/c1-20(2,3)30-19(28)26-16-9-7-15(8-10-16)18(27)25-12-14-5-4-6-17(11-14)29-13-21(22,23)24/h4-11H,12-13H2,1-3H3,(H,25,27)(H,26,28). The van der Waals surface area contributed by atoms with Crippen molar-refractivity contribution in [1.82, 2.24) is 5.32 Å². The van der Waals surface area contributed by atoms with Crippen LogP contribution in [-0.2, 0) is 11.3 Å². The van der Waals surface area contributed by atoms with Crippen molar-refractivity contribution in [2.75, 3.05) is 11.9 Å². The Morgan fingerprint density at radius 3 is 2.27 bits per heavy atom. The van der Waals surface area contributed by atoms with Crippen LogP contribution in [0.25, 0.3) is 0 Å². The van der Waals surface area contributed by atoms with Crippen LogP contribution in [0.15, 0.2) is 48.5 Å². The molecule has 0 unspecified atom stereocenters. The van der Waals surface area contributed by atoms with Gasteiger partial charge in [0.25, 0.3) is 5.91 Å². The lowest BCUT2D eigenvalue weighted by Crippen LogP contribution is -2.27. The lowest BCUT2D eigenvalue weighted by molar-refractivity contribution is -0.153. The number of hydrogen-bond acceptors (Lipinski definition) is 4. The highest BCUT2D eigenvalue weighted by Crippen LogP contribution is 2.19. The van der Waals surface area contributed by atoms with Crippen molar-refractivity contribution in [3.63, 3.8) is 0 Å². The first-order valence-electron chi connectivity index (χ1n) is 9.08. The van der Waals surface area contributed by atoms with Gasteiger partial charge in [0, 0.05) is 17.8 Å². The van der Waals surface area contributed by atoms with Crippen LogP contribution in [0.1, 0.15) is 36.7 Å². The SMILES string of the molecule is CC(C)(C)OC(=O)Nc1ccc(C(=O)NCc2cccc(OCC(F)(F)F)c2)cc1. The Balaban J connectivity index is 1.88. The maximum absolute atomic E-state index is 12.3. The molecule has 162 valence electrons. The fourth-order valence-corrected chi connectivity index (χ4v) is 2.32. The molecular weight excluding hydrogens is 401 g/mol. The number of halogens is 3. The molecule has 2 aromatic rings. The second kappa shape index (κ2) is 9.51. The molecule has 2 aromatic carbocycles. The summed E-state index contributed by atoms with van der Waals surface area (Å²) < 4.78 is 46.6. The second-order valence-corrected chi connectivity index (χ2v) is 7.44. The molecule has 2 amide bonds. The third-order valence-electron chi connectivity index (χ3n) is 3.55. The molecule has 9 heteroatoms. The van der Waals surface area contributed by atoms with Gasteiger partial charge in [0.15, 0.2) is 6.61 Å². The summed E-state index contributed by atoms with van der Waals surface area (Å²) in [6, 6.07) is 12.2. The molecule has 0 heterocycles.